The Morgan fingerprint density at radius 3 is 2.71 bits per heavy atom. The minimum Gasteiger partial charge on any atom is -0.481 e. The number of allylic oxidation sites excluding steroid dienone is 1. The third-order valence-electron chi connectivity index (χ3n) is 2.50. The number of carbonyl (C=O) groups is 1. The zero-order valence-corrected chi connectivity index (χ0v) is 11.1. The molecule has 1 aromatic carbocycles. The van der Waals surface area contributed by atoms with Gasteiger partial charge < -0.3 is 5.11 Å². The second-order valence-corrected chi connectivity index (χ2v) is 6.40. The lowest BCUT2D eigenvalue weighted by atomic mass is 10.0. The summed E-state index contributed by atoms with van der Waals surface area (Å²) in [6.45, 7) is 0. The molecule has 0 amide bonds. The van der Waals surface area contributed by atoms with Gasteiger partial charge in [-0.1, -0.05) is 22.0 Å². The summed E-state index contributed by atoms with van der Waals surface area (Å²) in [7, 11) is -3.41. The van der Waals surface area contributed by atoms with Gasteiger partial charge in [-0.15, -0.1) is 0 Å². The Morgan fingerprint density at radius 1 is 1.35 bits per heavy atom. The minimum atomic E-state index is -3.41. The van der Waals surface area contributed by atoms with Gasteiger partial charge in [0.25, 0.3) is 0 Å². The Labute approximate surface area is 107 Å². The molecular formula is C11H9BrO4S. The number of hydrogen-bond acceptors (Lipinski definition) is 3. The van der Waals surface area contributed by atoms with E-state index in [1.807, 2.05) is 0 Å². The van der Waals surface area contributed by atoms with Crippen LogP contribution in [0.1, 0.15) is 18.4 Å². The summed E-state index contributed by atoms with van der Waals surface area (Å²) in [5.41, 5.74) is 1.17. The molecule has 0 spiro atoms. The molecule has 17 heavy (non-hydrogen) atoms. The van der Waals surface area contributed by atoms with Crippen LogP contribution in [0.2, 0.25) is 0 Å². The van der Waals surface area contributed by atoms with Crippen LogP contribution in [0, 0.1) is 0 Å². The van der Waals surface area contributed by atoms with Gasteiger partial charge in [-0.2, -0.15) is 0 Å². The average molecular weight is 317 g/mol. The molecule has 1 aromatic rings. The molecule has 2 rings (SSSR count). The normalized spacial score (nSPS) is 16.4. The molecule has 4 nitrogen and oxygen atoms in total. The number of fused-ring (bicyclic) bond motifs is 1. The van der Waals surface area contributed by atoms with E-state index in [4.69, 9.17) is 5.11 Å². The smallest absolute Gasteiger partial charge is 0.303 e. The van der Waals surface area contributed by atoms with Gasteiger partial charge in [-0.3, -0.25) is 4.79 Å². The van der Waals surface area contributed by atoms with E-state index in [1.54, 1.807) is 12.1 Å². The fourth-order valence-electron chi connectivity index (χ4n) is 1.75. The zero-order valence-electron chi connectivity index (χ0n) is 8.68. The van der Waals surface area contributed by atoms with E-state index < -0.39 is 15.8 Å². The number of benzene rings is 1. The third kappa shape index (κ3) is 2.42. The van der Waals surface area contributed by atoms with Crippen molar-refractivity contribution in [2.24, 2.45) is 0 Å². The van der Waals surface area contributed by atoms with Gasteiger partial charge in [-0.05, 0) is 29.7 Å². The molecule has 0 saturated heterocycles. The summed E-state index contributed by atoms with van der Waals surface area (Å²) in [6.07, 6.45) is 0.153. The lowest BCUT2D eigenvalue weighted by molar-refractivity contribution is -0.136. The molecule has 1 N–H and O–H groups in total. The number of carboxylic acid groups (broad SMARTS) is 1. The molecule has 0 saturated carbocycles. The maximum atomic E-state index is 11.8. The highest BCUT2D eigenvalue weighted by Crippen LogP contribution is 2.37. The topological polar surface area (TPSA) is 71.4 Å². The second-order valence-electron chi connectivity index (χ2n) is 3.72. The number of aliphatic carboxylic acids is 1. The van der Waals surface area contributed by atoms with E-state index in [2.05, 4.69) is 15.9 Å². The highest BCUT2D eigenvalue weighted by molar-refractivity contribution is 9.10. The van der Waals surface area contributed by atoms with Crippen molar-refractivity contribution in [2.75, 3.05) is 0 Å². The van der Waals surface area contributed by atoms with Crippen molar-refractivity contribution >= 4 is 37.3 Å². The van der Waals surface area contributed by atoms with Gasteiger partial charge >= 0.3 is 5.97 Å². The maximum Gasteiger partial charge on any atom is 0.303 e. The van der Waals surface area contributed by atoms with Crippen LogP contribution in [0.25, 0.3) is 5.57 Å². The predicted molar refractivity (Wildman–Crippen MR) is 66.2 cm³/mol. The zero-order chi connectivity index (χ0) is 12.6. The summed E-state index contributed by atoms with van der Waals surface area (Å²) >= 11 is 3.22. The first kappa shape index (κ1) is 12.3. The number of rotatable bonds is 3. The van der Waals surface area contributed by atoms with Crippen LogP contribution in [0.3, 0.4) is 0 Å². The van der Waals surface area contributed by atoms with Crippen LogP contribution in [0.4, 0.5) is 0 Å². The summed E-state index contributed by atoms with van der Waals surface area (Å²) in [4.78, 5) is 10.7. The summed E-state index contributed by atoms with van der Waals surface area (Å²) < 4.78 is 24.3. The van der Waals surface area contributed by atoms with Crippen LogP contribution >= 0.6 is 15.9 Å². The monoisotopic (exact) mass is 316 g/mol. The van der Waals surface area contributed by atoms with Crippen molar-refractivity contribution in [3.8, 4) is 0 Å². The van der Waals surface area contributed by atoms with Crippen LogP contribution < -0.4 is 0 Å². The summed E-state index contributed by atoms with van der Waals surface area (Å²) in [5.74, 6) is -0.936. The highest BCUT2D eigenvalue weighted by Gasteiger charge is 2.26. The van der Waals surface area contributed by atoms with Crippen LogP contribution in [-0.4, -0.2) is 19.5 Å². The summed E-state index contributed by atoms with van der Waals surface area (Å²) in [6, 6.07) is 4.97. The lowest BCUT2D eigenvalue weighted by Gasteiger charge is -2.03. The number of carboxylic acids is 1. The average Bonchev–Trinajstić information content (AvgIpc) is 2.48. The van der Waals surface area contributed by atoms with E-state index in [-0.39, 0.29) is 17.7 Å². The first-order valence-corrected chi connectivity index (χ1v) is 7.21. The van der Waals surface area contributed by atoms with Crippen molar-refractivity contribution in [2.45, 2.75) is 17.7 Å². The van der Waals surface area contributed by atoms with Crippen molar-refractivity contribution in [3.05, 3.63) is 33.6 Å². The largest absolute Gasteiger partial charge is 0.481 e. The van der Waals surface area contributed by atoms with Gasteiger partial charge in [0.15, 0.2) is 0 Å². The van der Waals surface area contributed by atoms with Gasteiger partial charge in [0.1, 0.15) is 0 Å². The predicted octanol–water partition coefficient (Wildman–Crippen LogP) is 2.44. The van der Waals surface area contributed by atoms with Gasteiger partial charge in [-0.25, -0.2) is 8.42 Å². The van der Waals surface area contributed by atoms with Crippen molar-refractivity contribution in [1.29, 1.82) is 0 Å². The van der Waals surface area contributed by atoms with Gasteiger partial charge in [0.05, 0.1) is 4.90 Å². The molecule has 1 aliphatic heterocycles. The molecule has 0 fully saturated rings. The standard InChI is InChI=1S/C11H9BrO4S/c12-8-2-3-9-7(1-4-11(13)14)6-17(15,16)10(9)5-8/h2-3,5-6H,1,4H2,(H,13,14). The molecular weight excluding hydrogens is 308 g/mol. The van der Waals surface area contributed by atoms with Crippen molar-refractivity contribution in [3.63, 3.8) is 0 Å². The van der Waals surface area contributed by atoms with Gasteiger partial charge in [0.2, 0.25) is 9.84 Å². The quantitative estimate of drug-likeness (QED) is 0.929. The molecule has 0 unspecified atom stereocenters. The molecule has 0 radical (unpaired) electrons. The Morgan fingerprint density at radius 2 is 2.06 bits per heavy atom. The molecule has 1 heterocycles. The second kappa shape index (κ2) is 4.27. The highest BCUT2D eigenvalue weighted by atomic mass is 79.9. The van der Waals surface area contributed by atoms with E-state index in [1.165, 1.54) is 6.07 Å². The first-order valence-electron chi connectivity index (χ1n) is 4.87. The number of halogens is 1. The van der Waals surface area contributed by atoms with Crippen molar-refractivity contribution in [1.82, 2.24) is 0 Å². The Kier molecular flexibility index (Phi) is 3.09. The minimum absolute atomic E-state index is 0.0726. The van der Waals surface area contributed by atoms with E-state index in [0.29, 0.717) is 15.6 Å². The molecule has 0 aromatic heterocycles. The van der Waals surface area contributed by atoms with Crippen molar-refractivity contribution < 1.29 is 18.3 Å². The SMILES string of the molecule is O=C(O)CCC1=CS(=O)(=O)c2cc(Br)ccc21. The summed E-state index contributed by atoms with van der Waals surface area (Å²) in [5, 5.41) is 9.77. The molecule has 6 heteroatoms. The Hall–Kier alpha value is -1.14. The first-order chi connectivity index (χ1) is 7.90. The molecule has 0 bridgehead atoms. The van der Waals surface area contributed by atoms with E-state index in [0.717, 1.165) is 5.41 Å². The molecule has 90 valence electrons. The molecule has 0 aliphatic carbocycles. The van der Waals surface area contributed by atoms with Crippen LogP contribution in [0.15, 0.2) is 33.0 Å². The van der Waals surface area contributed by atoms with Gasteiger partial charge in [0, 0.05) is 16.3 Å². The third-order valence-corrected chi connectivity index (χ3v) is 4.54. The van der Waals surface area contributed by atoms with E-state index in [9.17, 15) is 13.2 Å². The fraction of sp³-hybridized carbons (Fsp3) is 0.182. The number of hydrogen-bond donors (Lipinski definition) is 1. The van der Waals surface area contributed by atoms with Crippen LogP contribution in [-0.2, 0) is 14.6 Å². The maximum absolute atomic E-state index is 11.8. The van der Waals surface area contributed by atoms with E-state index >= 15 is 0 Å². The lowest BCUT2D eigenvalue weighted by Crippen LogP contribution is -1.95. The molecule has 0 atom stereocenters. The molecule has 1 aliphatic rings. The number of sulfone groups is 1. The fourth-order valence-corrected chi connectivity index (χ4v) is 3.80. The Bertz CT molecular complexity index is 616. The van der Waals surface area contributed by atoms with Crippen LogP contribution in [0.5, 0.6) is 0 Å². The Balaban J connectivity index is 2.43.